The molecule has 0 aliphatic heterocycles. The topological polar surface area (TPSA) is 90.6 Å². The number of sulfonamides is 1. The van der Waals surface area contributed by atoms with E-state index >= 15 is 0 Å². The van der Waals surface area contributed by atoms with Gasteiger partial charge in [0.1, 0.15) is 4.90 Å². The van der Waals surface area contributed by atoms with E-state index < -0.39 is 10.0 Å². The lowest BCUT2D eigenvalue weighted by atomic mass is 10.2. The number of hydrogen-bond donors (Lipinski definition) is 2. The third-order valence-corrected chi connectivity index (χ3v) is 4.38. The van der Waals surface area contributed by atoms with E-state index in [1.807, 2.05) is 0 Å². The van der Waals surface area contributed by atoms with Gasteiger partial charge in [-0.2, -0.15) is 0 Å². The van der Waals surface area contributed by atoms with Crippen molar-refractivity contribution in [2.75, 3.05) is 39.2 Å². The molecule has 0 spiro atoms. The van der Waals surface area contributed by atoms with Crippen LogP contribution in [0.3, 0.4) is 0 Å². The molecule has 0 aliphatic carbocycles. The number of rotatable bonds is 9. The van der Waals surface area contributed by atoms with Crippen LogP contribution in [0.5, 0.6) is 0 Å². The Hall–Kier alpha value is -1.15. The van der Waals surface area contributed by atoms with E-state index in [-0.39, 0.29) is 10.6 Å². The Bertz CT molecular complexity index is 497. The number of nitrogen functional groups attached to an aromatic ring is 1. The lowest BCUT2D eigenvalue weighted by Gasteiger charge is -2.11. The first kappa shape index (κ1) is 16.9. The van der Waals surface area contributed by atoms with Crippen LogP contribution in [0.25, 0.3) is 0 Å². The van der Waals surface area contributed by atoms with Crippen molar-refractivity contribution < 1.29 is 17.9 Å². The fraction of sp³-hybridized carbons (Fsp3) is 0.538. The second-order valence-corrected chi connectivity index (χ2v) is 6.05. The highest BCUT2D eigenvalue weighted by Gasteiger charge is 2.18. The number of hydrogen-bond acceptors (Lipinski definition) is 5. The average Bonchev–Trinajstić information content (AvgIpc) is 2.37. The molecule has 0 radical (unpaired) electrons. The number of methoxy groups -OCH3 is 1. The van der Waals surface area contributed by atoms with Crippen LogP contribution in [0, 0.1) is 6.92 Å². The van der Waals surface area contributed by atoms with Gasteiger partial charge in [0.25, 0.3) is 0 Å². The van der Waals surface area contributed by atoms with Gasteiger partial charge >= 0.3 is 0 Å². The minimum atomic E-state index is -3.57. The third kappa shape index (κ3) is 5.09. The van der Waals surface area contributed by atoms with Crippen LogP contribution >= 0.6 is 0 Å². The summed E-state index contributed by atoms with van der Waals surface area (Å²) in [5.74, 6) is 0. The molecular weight excluding hydrogens is 280 g/mol. The van der Waals surface area contributed by atoms with Crippen LogP contribution in [-0.4, -0.2) is 41.9 Å². The molecule has 3 N–H and O–H groups in total. The van der Waals surface area contributed by atoms with Gasteiger partial charge in [0.05, 0.1) is 18.9 Å². The summed E-state index contributed by atoms with van der Waals surface area (Å²) in [6, 6.07) is 5.03. The first-order valence-corrected chi connectivity index (χ1v) is 7.89. The molecule has 0 atom stereocenters. The van der Waals surface area contributed by atoms with E-state index in [0.29, 0.717) is 38.3 Å². The van der Waals surface area contributed by atoms with Gasteiger partial charge in [-0.25, -0.2) is 13.1 Å². The van der Waals surface area contributed by atoms with Crippen LogP contribution in [0.2, 0.25) is 0 Å². The zero-order valence-corrected chi connectivity index (χ0v) is 12.7. The first-order chi connectivity index (χ1) is 9.49. The standard InChI is InChI=1S/C13H22N2O4S/c1-11-5-3-6-12(14)13(11)20(16,17)15-7-4-8-19-10-9-18-2/h3,5-6,15H,4,7-10,14H2,1-2H3. The summed E-state index contributed by atoms with van der Waals surface area (Å²) in [4.78, 5) is 0.153. The second kappa shape index (κ2) is 8.21. The maximum atomic E-state index is 12.2. The highest BCUT2D eigenvalue weighted by Crippen LogP contribution is 2.21. The monoisotopic (exact) mass is 302 g/mol. The Kier molecular flexibility index (Phi) is 6.94. The maximum Gasteiger partial charge on any atom is 0.242 e. The van der Waals surface area contributed by atoms with E-state index in [1.165, 1.54) is 0 Å². The van der Waals surface area contributed by atoms with Crippen molar-refractivity contribution in [1.82, 2.24) is 4.72 Å². The van der Waals surface area contributed by atoms with Gasteiger partial charge in [-0.3, -0.25) is 0 Å². The van der Waals surface area contributed by atoms with E-state index in [1.54, 1.807) is 32.2 Å². The summed E-state index contributed by atoms with van der Waals surface area (Å²) < 4.78 is 36.9. The molecule has 1 rings (SSSR count). The summed E-state index contributed by atoms with van der Waals surface area (Å²) in [6.07, 6.45) is 0.592. The molecule has 7 heteroatoms. The third-order valence-electron chi connectivity index (χ3n) is 2.70. The minimum Gasteiger partial charge on any atom is -0.398 e. The van der Waals surface area contributed by atoms with Crippen LogP contribution in [0.1, 0.15) is 12.0 Å². The van der Waals surface area contributed by atoms with Gasteiger partial charge in [-0.15, -0.1) is 0 Å². The first-order valence-electron chi connectivity index (χ1n) is 6.40. The van der Waals surface area contributed by atoms with E-state index in [4.69, 9.17) is 15.2 Å². The minimum absolute atomic E-state index is 0.153. The van der Waals surface area contributed by atoms with Crippen LogP contribution in [0.4, 0.5) is 5.69 Å². The zero-order chi connectivity index (χ0) is 15.0. The van der Waals surface area contributed by atoms with E-state index in [2.05, 4.69) is 4.72 Å². The van der Waals surface area contributed by atoms with Crippen molar-refractivity contribution in [3.05, 3.63) is 23.8 Å². The Morgan fingerprint density at radius 2 is 2.00 bits per heavy atom. The Morgan fingerprint density at radius 3 is 2.65 bits per heavy atom. The average molecular weight is 302 g/mol. The molecule has 0 saturated carbocycles. The van der Waals surface area contributed by atoms with Gasteiger partial charge < -0.3 is 15.2 Å². The van der Waals surface area contributed by atoms with Crippen molar-refractivity contribution in [2.45, 2.75) is 18.2 Å². The lowest BCUT2D eigenvalue weighted by molar-refractivity contribution is 0.0699. The largest absolute Gasteiger partial charge is 0.398 e. The van der Waals surface area contributed by atoms with Crippen LogP contribution in [-0.2, 0) is 19.5 Å². The molecule has 0 bridgehead atoms. The molecule has 0 fully saturated rings. The molecule has 0 aromatic heterocycles. The number of nitrogens with one attached hydrogen (secondary N) is 1. The molecule has 0 aliphatic rings. The molecule has 1 aromatic carbocycles. The molecular formula is C13H22N2O4S. The van der Waals surface area contributed by atoms with Gasteiger partial charge in [0.15, 0.2) is 0 Å². The van der Waals surface area contributed by atoms with Gasteiger partial charge in [-0.05, 0) is 25.0 Å². The van der Waals surface area contributed by atoms with Crippen molar-refractivity contribution in [3.63, 3.8) is 0 Å². The van der Waals surface area contributed by atoms with Crippen LogP contribution < -0.4 is 10.5 Å². The highest BCUT2D eigenvalue weighted by molar-refractivity contribution is 7.89. The van der Waals surface area contributed by atoms with Gasteiger partial charge in [-0.1, -0.05) is 12.1 Å². The molecule has 0 unspecified atom stereocenters. The zero-order valence-electron chi connectivity index (χ0n) is 11.9. The van der Waals surface area contributed by atoms with Gasteiger partial charge in [0, 0.05) is 20.3 Å². The van der Waals surface area contributed by atoms with E-state index in [0.717, 1.165) is 0 Å². The summed E-state index contributed by atoms with van der Waals surface area (Å²) in [6.45, 7) is 3.55. The fourth-order valence-corrected chi connectivity index (χ4v) is 3.17. The maximum absolute atomic E-state index is 12.2. The summed E-state index contributed by atoms with van der Waals surface area (Å²) in [5, 5.41) is 0. The molecule has 6 nitrogen and oxygen atoms in total. The van der Waals surface area contributed by atoms with Gasteiger partial charge in [0.2, 0.25) is 10.0 Å². The van der Waals surface area contributed by atoms with Crippen LogP contribution in [0.15, 0.2) is 23.1 Å². The summed E-state index contributed by atoms with van der Waals surface area (Å²) in [5.41, 5.74) is 6.63. The Balaban J connectivity index is 2.46. The summed E-state index contributed by atoms with van der Waals surface area (Å²) >= 11 is 0. The molecule has 0 amide bonds. The van der Waals surface area contributed by atoms with E-state index in [9.17, 15) is 8.42 Å². The van der Waals surface area contributed by atoms with Crippen molar-refractivity contribution >= 4 is 15.7 Å². The number of ether oxygens (including phenoxy) is 2. The number of benzene rings is 1. The molecule has 0 heterocycles. The quantitative estimate of drug-likeness (QED) is 0.522. The van der Waals surface area contributed by atoms with Crippen molar-refractivity contribution in [1.29, 1.82) is 0 Å². The molecule has 20 heavy (non-hydrogen) atoms. The smallest absolute Gasteiger partial charge is 0.242 e. The number of aryl methyl sites for hydroxylation is 1. The molecule has 1 aromatic rings. The highest BCUT2D eigenvalue weighted by atomic mass is 32.2. The Labute approximate surface area is 120 Å². The number of nitrogens with two attached hydrogens (primary N) is 1. The predicted molar refractivity (Wildman–Crippen MR) is 78.1 cm³/mol. The number of anilines is 1. The second-order valence-electron chi connectivity index (χ2n) is 4.35. The normalized spacial score (nSPS) is 11.7. The Morgan fingerprint density at radius 1 is 1.25 bits per heavy atom. The fourth-order valence-electron chi connectivity index (χ4n) is 1.74. The summed E-state index contributed by atoms with van der Waals surface area (Å²) in [7, 11) is -1.97. The molecule has 0 saturated heterocycles. The lowest BCUT2D eigenvalue weighted by Crippen LogP contribution is -2.27. The molecule has 114 valence electrons. The van der Waals surface area contributed by atoms with Crippen molar-refractivity contribution in [3.8, 4) is 0 Å². The SMILES string of the molecule is COCCOCCCNS(=O)(=O)c1c(C)cccc1N. The predicted octanol–water partition coefficient (Wildman–Crippen LogP) is 0.909. The van der Waals surface area contributed by atoms with Crippen molar-refractivity contribution in [2.24, 2.45) is 0 Å².